The molecule has 1 aromatic carbocycles. The third-order valence-corrected chi connectivity index (χ3v) is 12.0. The monoisotopic (exact) mass is 669 g/mol. The predicted molar refractivity (Wildman–Crippen MR) is 184 cm³/mol. The Hall–Kier alpha value is -2.20. The van der Waals surface area contributed by atoms with Crippen molar-refractivity contribution >= 4 is 29.3 Å². The molecule has 4 saturated heterocycles. The van der Waals surface area contributed by atoms with E-state index in [9.17, 15) is 9.59 Å². The van der Waals surface area contributed by atoms with Crippen LogP contribution in [0.4, 0.5) is 0 Å². The number of ether oxygens (including phenoxy) is 1. The first-order valence-electron chi connectivity index (χ1n) is 18.1. The number of amides is 3. The number of rotatable bonds is 6. The fourth-order valence-corrected chi connectivity index (χ4v) is 8.84. The summed E-state index contributed by atoms with van der Waals surface area (Å²) >= 11 is 6.28. The first kappa shape index (κ1) is 34.7. The second-order valence-electron chi connectivity index (χ2n) is 16.0. The number of carbonyl (C=O) groups is 3. The molecule has 1 aromatic rings. The standard InChI is InChI=1S/C37H56ClN5O4/c1-25-8-14-28(15-9-25)43(36(46)33-7-6-20-47-33)29-21-32(35(45)40-18-16-39(5)17-19-40)42(22-29)34(44)31-24-41(37(2,3)4)23-30(31)26-10-12-27(38)13-11-26/h10-13,25,28-33H,6-9,14-24H2,1-5H3/t25?,28?,29-,30+,31-,32+,33?/m1/s1. The van der Waals surface area contributed by atoms with Crippen molar-refractivity contribution in [3.05, 3.63) is 34.9 Å². The van der Waals surface area contributed by atoms with Gasteiger partial charge in [-0.05, 0) is 96.4 Å². The Morgan fingerprint density at radius 2 is 1.55 bits per heavy atom. The van der Waals surface area contributed by atoms with Gasteiger partial charge in [0, 0.05) is 74.9 Å². The molecule has 10 heteroatoms. The van der Waals surface area contributed by atoms with Gasteiger partial charge in [-0.15, -0.1) is 0 Å². The molecular weight excluding hydrogens is 614 g/mol. The van der Waals surface area contributed by atoms with E-state index in [1.54, 1.807) is 0 Å². The maximum absolute atomic E-state index is 15.0. The lowest BCUT2D eigenvalue weighted by Gasteiger charge is -2.41. The molecule has 9 nitrogen and oxygen atoms in total. The van der Waals surface area contributed by atoms with Crippen LogP contribution in [0.15, 0.2) is 24.3 Å². The van der Waals surface area contributed by atoms with E-state index >= 15 is 4.79 Å². The lowest BCUT2D eigenvalue weighted by molar-refractivity contribution is -0.148. The number of nitrogens with zero attached hydrogens (tertiary/aromatic N) is 5. The summed E-state index contributed by atoms with van der Waals surface area (Å²) in [5.41, 5.74) is 0.994. The zero-order valence-electron chi connectivity index (χ0n) is 29.2. The van der Waals surface area contributed by atoms with E-state index in [0.717, 1.165) is 63.7 Å². The number of hydrogen-bond donors (Lipinski definition) is 0. The predicted octanol–water partition coefficient (Wildman–Crippen LogP) is 4.48. The zero-order chi connectivity index (χ0) is 33.5. The topological polar surface area (TPSA) is 76.6 Å². The third-order valence-electron chi connectivity index (χ3n) is 11.8. The van der Waals surface area contributed by atoms with Gasteiger partial charge < -0.3 is 24.3 Å². The first-order chi connectivity index (χ1) is 22.4. The number of hydrogen-bond acceptors (Lipinski definition) is 6. The zero-order valence-corrected chi connectivity index (χ0v) is 30.0. The Balaban J connectivity index is 1.32. The van der Waals surface area contributed by atoms with Gasteiger partial charge in [0.05, 0.1) is 12.0 Å². The van der Waals surface area contributed by atoms with E-state index in [-0.39, 0.29) is 47.2 Å². The van der Waals surface area contributed by atoms with Crippen molar-refractivity contribution < 1.29 is 19.1 Å². The number of piperazine rings is 1. The number of benzene rings is 1. The van der Waals surface area contributed by atoms with Gasteiger partial charge in [-0.1, -0.05) is 30.7 Å². The first-order valence-corrected chi connectivity index (χ1v) is 18.5. The van der Waals surface area contributed by atoms with Gasteiger partial charge in [0.15, 0.2) is 0 Å². The van der Waals surface area contributed by atoms with Crippen molar-refractivity contribution in [3.63, 3.8) is 0 Å². The van der Waals surface area contributed by atoms with E-state index in [2.05, 4.69) is 49.4 Å². The van der Waals surface area contributed by atoms with Crippen LogP contribution in [-0.2, 0) is 19.1 Å². The Labute approximate surface area is 286 Å². The van der Waals surface area contributed by atoms with Crippen molar-refractivity contribution in [1.82, 2.24) is 24.5 Å². The summed E-state index contributed by atoms with van der Waals surface area (Å²) < 4.78 is 5.95. The van der Waals surface area contributed by atoms with Crippen LogP contribution in [0.25, 0.3) is 0 Å². The van der Waals surface area contributed by atoms with E-state index in [0.29, 0.717) is 50.1 Å². The van der Waals surface area contributed by atoms with Crippen molar-refractivity contribution in [1.29, 1.82) is 0 Å². The van der Waals surface area contributed by atoms with Crippen LogP contribution in [0.1, 0.15) is 84.1 Å². The molecule has 5 atom stereocenters. The van der Waals surface area contributed by atoms with Gasteiger partial charge in [0.25, 0.3) is 5.91 Å². The number of carbonyl (C=O) groups excluding carboxylic acids is 3. The molecule has 5 aliphatic rings. The normalized spacial score (nSPS) is 32.6. The Morgan fingerprint density at radius 1 is 0.872 bits per heavy atom. The maximum atomic E-state index is 15.0. The average molecular weight is 670 g/mol. The van der Waals surface area contributed by atoms with Gasteiger partial charge in [-0.25, -0.2) is 0 Å². The van der Waals surface area contributed by atoms with Crippen LogP contribution in [-0.4, -0.2) is 131 Å². The van der Waals surface area contributed by atoms with Crippen molar-refractivity contribution in [2.45, 2.75) is 108 Å². The third kappa shape index (κ3) is 7.53. The molecule has 0 radical (unpaired) electrons. The molecule has 0 aromatic heterocycles. The largest absolute Gasteiger partial charge is 0.368 e. The smallest absolute Gasteiger partial charge is 0.252 e. The molecule has 5 fully saturated rings. The van der Waals surface area contributed by atoms with Gasteiger partial charge in [-0.3, -0.25) is 19.3 Å². The highest BCUT2D eigenvalue weighted by Gasteiger charge is 2.51. The Morgan fingerprint density at radius 3 is 2.17 bits per heavy atom. The minimum atomic E-state index is -0.576. The molecule has 260 valence electrons. The molecule has 0 bridgehead atoms. The molecule has 1 aliphatic carbocycles. The number of halogens is 1. The van der Waals surface area contributed by atoms with Gasteiger partial charge >= 0.3 is 0 Å². The highest BCUT2D eigenvalue weighted by Crippen LogP contribution is 2.40. The van der Waals surface area contributed by atoms with Crippen LogP contribution in [0, 0.1) is 11.8 Å². The van der Waals surface area contributed by atoms with E-state index in [4.69, 9.17) is 16.3 Å². The van der Waals surface area contributed by atoms with Crippen molar-refractivity contribution in [2.75, 3.05) is 59.5 Å². The van der Waals surface area contributed by atoms with Crippen LogP contribution < -0.4 is 0 Å². The second kappa shape index (κ2) is 14.3. The van der Waals surface area contributed by atoms with Crippen molar-refractivity contribution in [2.24, 2.45) is 11.8 Å². The molecule has 1 unspecified atom stereocenters. The summed E-state index contributed by atoms with van der Waals surface area (Å²) in [5.74, 6) is 0.470. The summed E-state index contributed by atoms with van der Waals surface area (Å²) in [7, 11) is 2.08. The fourth-order valence-electron chi connectivity index (χ4n) is 8.71. The lowest BCUT2D eigenvalue weighted by Crippen LogP contribution is -2.54. The highest BCUT2D eigenvalue weighted by molar-refractivity contribution is 6.30. The van der Waals surface area contributed by atoms with Crippen LogP contribution >= 0.6 is 11.6 Å². The van der Waals surface area contributed by atoms with E-state index in [1.165, 1.54) is 0 Å². The van der Waals surface area contributed by atoms with Gasteiger partial charge in [0.2, 0.25) is 11.8 Å². The summed E-state index contributed by atoms with van der Waals surface area (Å²) in [5, 5.41) is 0.677. The van der Waals surface area contributed by atoms with Gasteiger partial charge in [0.1, 0.15) is 12.1 Å². The molecule has 47 heavy (non-hydrogen) atoms. The Kier molecular flexibility index (Phi) is 10.6. The summed E-state index contributed by atoms with van der Waals surface area (Å²) in [6.07, 6.45) is 5.80. The average Bonchev–Trinajstić information content (AvgIpc) is 3.83. The van der Waals surface area contributed by atoms with Crippen molar-refractivity contribution in [3.8, 4) is 0 Å². The highest BCUT2D eigenvalue weighted by atomic mass is 35.5. The minimum absolute atomic E-state index is 0.0121. The van der Waals surface area contributed by atoms with E-state index in [1.807, 2.05) is 34.1 Å². The summed E-state index contributed by atoms with van der Waals surface area (Å²) in [4.78, 5) is 54.3. The quantitative estimate of drug-likeness (QED) is 0.445. The fraction of sp³-hybridized carbons (Fsp3) is 0.757. The molecule has 1 saturated carbocycles. The number of likely N-dealkylation sites (tertiary alicyclic amines) is 2. The van der Waals surface area contributed by atoms with Crippen LogP contribution in [0.5, 0.6) is 0 Å². The van der Waals surface area contributed by atoms with Crippen LogP contribution in [0.2, 0.25) is 5.02 Å². The summed E-state index contributed by atoms with van der Waals surface area (Å²) in [6, 6.07) is 7.24. The molecular formula is C37H56ClN5O4. The molecule has 6 rings (SSSR count). The molecule has 0 spiro atoms. The molecule has 0 N–H and O–H groups in total. The Bertz CT molecular complexity index is 1260. The molecule has 4 aliphatic heterocycles. The number of likely N-dealkylation sites (N-methyl/N-ethyl adjacent to an activating group) is 1. The minimum Gasteiger partial charge on any atom is -0.368 e. The van der Waals surface area contributed by atoms with Gasteiger partial charge in [-0.2, -0.15) is 0 Å². The summed E-state index contributed by atoms with van der Waals surface area (Å²) in [6.45, 7) is 14.3. The van der Waals surface area contributed by atoms with E-state index < -0.39 is 12.1 Å². The SMILES string of the molecule is CC1CCC(N(C(=O)C2CCCO2)[C@@H]2C[C@@H](C(=O)N3CCN(C)CC3)N(C(=O)[C@@H]3CN(C(C)(C)C)C[C@H]3c3ccc(Cl)cc3)C2)CC1. The molecule has 4 heterocycles. The molecule has 3 amide bonds. The lowest BCUT2D eigenvalue weighted by atomic mass is 9.85. The second-order valence-corrected chi connectivity index (χ2v) is 16.5. The maximum Gasteiger partial charge on any atom is 0.252 e. The van der Waals surface area contributed by atoms with Crippen LogP contribution in [0.3, 0.4) is 0 Å².